The van der Waals surface area contributed by atoms with Gasteiger partial charge in [-0.1, -0.05) is 27.7 Å². The number of esters is 1. The second-order valence-electron chi connectivity index (χ2n) is 6.10. The van der Waals surface area contributed by atoms with Crippen molar-refractivity contribution in [1.82, 2.24) is 0 Å². The Hall–Kier alpha value is -0.570. The molecular formula is C12H22O3. The third-order valence-electron chi connectivity index (χ3n) is 3.38. The molecule has 2 unspecified atom stereocenters. The minimum Gasteiger partial charge on any atom is -0.469 e. The normalized spacial score (nSPS) is 33.5. The van der Waals surface area contributed by atoms with Gasteiger partial charge in [0.2, 0.25) is 0 Å². The van der Waals surface area contributed by atoms with Crippen molar-refractivity contribution in [2.75, 3.05) is 7.11 Å². The van der Waals surface area contributed by atoms with E-state index in [0.29, 0.717) is 6.42 Å². The first-order valence-electron chi connectivity index (χ1n) is 5.45. The van der Waals surface area contributed by atoms with E-state index >= 15 is 0 Å². The fourth-order valence-electron chi connectivity index (χ4n) is 3.22. The van der Waals surface area contributed by atoms with Gasteiger partial charge in [0.25, 0.3) is 0 Å². The lowest BCUT2D eigenvalue weighted by molar-refractivity contribution is -0.163. The molecule has 0 spiro atoms. The van der Waals surface area contributed by atoms with Crippen LogP contribution in [0.5, 0.6) is 0 Å². The zero-order chi connectivity index (χ0) is 11.9. The Labute approximate surface area is 91.8 Å². The maximum absolute atomic E-state index is 11.6. The van der Waals surface area contributed by atoms with Gasteiger partial charge in [-0.2, -0.15) is 0 Å². The lowest BCUT2D eigenvalue weighted by Crippen LogP contribution is -2.49. The first kappa shape index (κ1) is 12.5. The van der Waals surface area contributed by atoms with Gasteiger partial charge in [-0.25, -0.2) is 0 Å². The average Bonchev–Trinajstić information content (AvgIpc) is 1.97. The summed E-state index contributed by atoms with van der Waals surface area (Å²) >= 11 is 0. The highest BCUT2D eigenvalue weighted by atomic mass is 16.5. The van der Waals surface area contributed by atoms with Gasteiger partial charge >= 0.3 is 5.97 Å². The Morgan fingerprint density at radius 3 is 2.27 bits per heavy atom. The molecule has 0 aromatic rings. The third kappa shape index (κ3) is 2.51. The summed E-state index contributed by atoms with van der Waals surface area (Å²) in [5.41, 5.74) is -0.109. The molecule has 1 rings (SSSR count). The Morgan fingerprint density at radius 2 is 1.87 bits per heavy atom. The molecule has 0 aliphatic heterocycles. The topological polar surface area (TPSA) is 46.5 Å². The minimum atomic E-state index is -0.587. The number of rotatable bonds is 1. The number of hydrogen-bond donors (Lipinski definition) is 1. The van der Waals surface area contributed by atoms with E-state index in [9.17, 15) is 9.90 Å². The molecule has 3 nitrogen and oxygen atoms in total. The highest BCUT2D eigenvalue weighted by molar-refractivity contribution is 5.74. The average molecular weight is 214 g/mol. The van der Waals surface area contributed by atoms with Crippen molar-refractivity contribution in [2.24, 2.45) is 16.7 Å². The quantitative estimate of drug-likeness (QED) is 0.679. The fourth-order valence-corrected chi connectivity index (χ4v) is 3.22. The van der Waals surface area contributed by atoms with E-state index < -0.39 is 12.0 Å². The van der Waals surface area contributed by atoms with Gasteiger partial charge in [0.15, 0.2) is 0 Å². The van der Waals surface area contributed by atoms with Crippen LogP contribution in [-0.2, 0) is 9.53 Å². The van der Waals surface area contributed by atoms with Crippen LogP contribution in [0.15, 0.2) is 0 Å². The zero-order valence-electron chi connectivity index (χ0n) is 10.3. The second-order valence-corrected chi connectivity index (χ2v) is 6.10. The molecule has 88 valence electrons. The van der Waals surface area contributed by atoms with Crippen LogP contribution in [0.1, 0.15) is 40.5 Å². The van der Waals surface area contributed by atoms with Crippen molar-refractivity contribution >= 4 is 5.97 Å². The van der Waals surface area contributed by atoms with Crippen LogP contribution in [0.4, 0.5) is 0 Å². The van der Waals surface area contributed by atoms with Crippen molar-refractivity contribution in [2.45, 2.75) is 46.6 Å². The Balaban J connectivity index is 2.94. The van der Waals surface area contributed by atoms with Gasteiger partial charge in [-0.15, -0.1) is 0 Å². The van der Waals surface area contributed by atoms with Crippen molar-refractivity contribution in [3.8, 4) is 0 Å². The van der Waals surface area contributed by atoms with Gasteiger partial charge in [0.1, 0.15) is 0 Å². The first-order valence-corrected chi connectivity index (χ1v) is 5.45. The largest absolute Gasteiger partial charge is 0.469 e. The number of carbonyl (C=O) groups excluding carboxylic acids is 1. The molecule has 3 heteroatoms. The van der Waals surface area contributed by atoms with Crippen molar-refractivity contribution in [3.63, 3.8) is 0 Å². The van der Waals surface area contributed by atoms with Gasteiger partial charge < -0.3 is 9.84 Å². The zero-order valence-corrected chi connectivity index (χ0v) is 10.3. The Kier molecular flexibility index (Phi) is 3.15. The smallest absolute Gasteiger partial charge is 0.311 e. The number of aliphatic hydroxyl groups is 1. The van der Waals surface area contributed by atoms with Gasteiger partial charge in [-0.05, 0) is 23.7 Å². The number of ether oxygens (including phenoxy) is 1. The van der Waals surface area contributed by atoms with E-state index in [0.717, 1.165) is 6.42 Å². The summed E-state index contributed by atoms with van der Waals surface area (Å²) in [7, 11) is 1.38. The highest BCUT2D eigenvalue weighted by Gasteiger charge is 2.49. The molecule has 2 atom stereocenters. The van der Waals surface area contributed by atoms with Gasteiger partial charge in [-0.3, -0.25) is 4.79 Å². The maximum Gasteiger partial charge on any atom is 0.311 e. The molecular weight excluding hydrogens is 192 g/mol. The minimum absolute atomic E-state index is 0.0907. The Bertz CT molecular complexity index is 256. The van der Waals surface area contributed by atoms with Crippen LogP contribution in [-0.4, -0.2) is 24.3 Å². The summed E-state index contributed by atoms with van der Waals surface area (Å²) < 4.78 is 4.76. The van der Waals surface area contributed by atoms with Crippen LogP contribution < -0.4 is 0 Å². The monoisotopic (exact) mass is 214 g/mol. The molecule has 0 heterocycles. The maximum atomic E-state index is 11.6. The lowest BCUT2D eigenvalue weighted by Gasteiger charge is -2.47. The van der Waals surface area contributed by atoms with E-state index in [2.05, 4.69) is 13.8 Å². The van der Waals surface area contributed by atoms with E-state index in [1.165, 1.54) is 7.11 Å². The molecule has 1 N–H and O–H groups in total. The van der Waals surface area contributed by atoms with Crippen LogP contribution in [0.25, 0.3) is 0 Å². The molecule has 0 saturated heterocycles. The van der Waals surface area contributed by atoms with Crippen molar-refractivity contribution in [3.05, 3.63) is 0 Å². The van der Waals surface area contributed by atoms with Gasteiger partial charge in [0.05, 0.1) is 19.1 Å². The van der Waals surface area contributed by atoms with Crippen LogP contribution in [0.3, 0.4) is 0 Å². The summed E-state index contributed by atoms with van der Waals surface area (Å²) in [5.74, 6) is -0.682. The Morgan fingerprint density at radius 1 is 1.33 bits per heavy atom. The standard InChI is InChI=1S/C12H22O3/c1-11(2)6-8(13)9(10(14)15-5)12(3,4)7-11/h8-9,13H,6-7H2,1-5H3. The second kappa shape index (κ2) is 3.78. The van der Waals surface area contributed by atoms with Crippen molar-refractivity contribution < 1.29 is 14.6 Å². The predicted molar refractivity (Wildman–Crippen MR) is 58.3 cm³/mol. The lowest BCUT2D eigenvalue weighted by atomic mass is 9.59. The number of hydrogen-bond acceptors (Lipinski definition) is 3. The van der Waals surface area contributed by atoms with E-state index in [4.69, 9.17) is 4.74 Å². The molecule has 0 aromatic carbocycles. The molecule has 1 fully saturated rings. The number of carbonyl (C=O) groups is 1. The summed E-state index contributed by atoms with van der Waals surface area (Å²) in [6.45, 7) is 8.31. The SMILES string of the molecule is COC(=O)C1C(O)CC(C)(C)CC1(C)C. The molecule has 1 saturated carbocycles. The molecule has 0 aromatic heterocycles. The molecule has 0 bridgehead atoms. The van der Waals surface area contributed by atoms with Crippen LogP contribution in [0, 0.1) is 16.7 Å². The number of aliphatic hydroxyl groups excluding tert-OH is 1. The predicted octanol–water partition coefficient (Wildman–Crippen LogP) is 1.98. The molecule has 1 aliphatic rings. The molecule has 15 heavy (non-hydrogen) atoms. The summed E-state index contributed by atoms with van der Waals surface area (Å²) in [5, 5.41) is 10.0. The molecule has 0 amide bonds. The van der Waals surface area contributed by atoms with Crippen LogP contribution in [0.2, 0.25) is 0 Å². The van der Waals surface area contributed by atoms with E-state index in [1.54, 1.807) is 0 Å². The van der Waals surface area contributed by atoms with E-state index in [1.807, 2.05) is 13.8 Å². The van der Waals surface area contributed by atoms with E-state index in [-0.39, 0.29) is 16.8 Å². The molecule has 0 radical (unpaired) electrons. The summed E-state index contributed by atoms with van der Waals surface area (Å²) in [6, 6.07) is 0. The van der Waals surface area contributed by atoms with Crippen LogP contribution >= 0.6 is 0 Å². The van der Waals surface area contributed by atoms with Gasteiger partial charge in [0, 0.05) is 0 Å². The fraction of sp³-hybridized carbons (Fsp3) is 0.917. The molecule has 1 aliphatic carbocycles. The first-order chi connectivity index (χ1) is 6.69. The summed E-state index contributed by atoms with van der Waals surface area (Å²) in [4.78, 5) is 11.6. The summed E-state index contributed by atoms with van der Waals surface area (Å²) in [6.07, 6.45) is 1.00. The number of methoxy groups -OCH3 is 1. The van der Waals surface area contributed by atoms with Crippen molar-refractivity contribution in [1.29, 1.82) is 0 Å². The highest BCUT2D eigenvalue weighted by Crippen LogP contribution is 2.49. The third-order valence-corrected chi connectivity index (χ3v) is 3.38.